The quantitative estimate of drug-likeness (QED) is 0.699. The van der Waals surface area contributed by atoms with Crippen LogP contribution < -0.4 is 5.73 Å². The van der Waals surface area contributed by atoms with E-state index in [1.54, 1.807) is 0 Å². The van der Waals surface area contributed by atoms with Crippen LogP contribution in [0.2, 0.25) is 0 Å². The zero-order valence-electron chi connectivity index (χ0n) is 18.3. The highest BCUT2D eigenvalue weighted by atomic mass is 16.5. The Morgan fingerprint density at radius 2 is 1.76 bits per heavy atom. The molecular formula is C26H39NO2. The van der Waals surface area contributed by atoms with Crippen LogP contribution in [-0.4, -0.2) is 22.4 Å². The summed E-state index contributed by atoms with van der Waals surface area (Å²) in [6, 6.07) is 8.20. The highest BCUT2D eigenvalue weighted by molar-refractivity contribution is 5.26. The number of nitrogens with two attached hydrogens (primary N) is 1. The number of aromatic hydroxyl groups is 1. The zero-order valence-corrected chi connectivity index (χ0v) is 18.3. The Labute approximate surface area is 176 Å². The molecule has 160 valence electrons. The molecule has 5 aliphatic rings. The van der Waals surface area contributed by atoms with Gasteiger partial charge in [-0.25, -0.2) is 0 Å². The summed E-state index contributed by atoms with van der Waals surface area (Å²) >= 11 is 0. The molecule has 0 amide bonds. The van der Waals surface area contributed by atoms with E-state index in [-0.39, 0.29) is 11.2 Å². The van der Waals surface area contributed by atoms with Gasteiger partial charge in [0.05, 0.1) is 11.2 Å². The van der Waals surface area contributed by atoms with Gasteiger partial charge in [0.25, 0.3) is 0 Å². The molecule has 3 N–H and O–H groups in total. The van der Waals surface area contributed by atoms with Crippen molar-refractivity contribution in [1.82, 2.24) is 0 Å². The molecule has 2 heterocycles. The lowest BCUT2D eigenvalue weighted by atomic mass is 9.54. The van der Waals surface area contributed by atoms with Gasteiger partial charge < -0.3 is 15.6 Å². The number of hydrogen-bond donors (Lipinski definition) is 2. The van der Waals surface area contributed by atoms with Gasteiger partial charge in [-0.1, -0.05) is 25.0 Å². The summed E-state index contributed by atoms with van der Waals surface area (Å²) < 4.78 is 6.97. The van der Waals surface area contributed by atoms with E-state index in [0.29, 0.717) is 35.0 Å². The minimum Gasteiger partial charge on any atom is -0.508 e. The van der Waals surface area contributed by atoms with Gasteiger partial charge in [-0.2, -0.15) is 0 Å². The monoisotopic (exact) mass is 397 g/mol. The summed E-state index contributed by atoms with van der Waals surface area (Å²) in [4.78, 5) is 0. The molecule has 5 atom stereocenters. The van der Waals surface area contributed by atoms with Crippen molar-refractivity contribution in [3.8, 4) is 5.75 Å². The fourth-order valence-electron chi connectivity index (χ4n) is 8.11. The zero-order chi connectivity index (χ0) is 20.3. The molecule has 6 rings (SSSR count). The van der Waals surface area contributed by atoms with Crippen molar-refractivity contribution >= 4 is 0 Å². The molecule has 3 nitrogen and oxygen atoms in total. The average Bonchev–Trinajstić information content (AvgIpc) is 3.09. The predicted octanol–water partition coefficient (Wildman–Crippen LogP) is 5.59. The molecule has 1 aromatic carbocycles. The Bertz CT molecular complexity index is 736. The maximum atomic E-state index is 9.66. The van der Waals surface area contributed by atoms with Crippen molar-refractivity contribution < 1.29 is 9.84 Å². The summed E-state index contributed by atoms with van der Waals surface area (Å²) in [7, 11) is 0. The standard InChI is InChI=1S/C26H39NO2/c1-24(2)22-9-12-26(29-24,17-23(22)27)20-14-19(13-18-5-7-21(28)8-6-18)15-25(16-20)10-3-4-11-25/h5-8,19-20,22-23,28H,3-4,9-17,27H2,1-2H3/t19-,20-,22-,23+,26-/m0/s1. The van der Waals surface area contributed by atoms with E-state index in [9.17, 15) is 5.11 Å². The minimum atomic E-state index is -0.0807. The molecule has 3 aliphatic carbocycles. The molecule has 2 saturated heterocycles. The number of rotatable bonds is 3. The van der Waals surface area contributed by atoms with E-state index in [4.69, 9.17) is 10.5 Å². The lowest BCUT2D eigenvalue weighted by Crippen LogP contribution is -2.66. The van der Waals surface area contributed by atoms with Gasteiger partial charge >= 0.3 is 0 Å². The second-order valence-corrected chi connectivity index (χ2v) is 11.6. The van der Waals surface area contributed by atoms with Crippen LogP contribution in [0.25, 0.3) is 0 Å². The number of benzene rings is 1. The first-order valence-corrected chi connectivity index (χ1v) is 12.0. The molecule has 5 fully saturated rings. The van der Waals surface area contributed by atoms with E-state index in [1.165, 1.54) is 63.4 Å². The molecule has 29 heavy (non-hydrogen) atoms. The third-order valence-corrected chi connectivity index (χ3v) is 9.22. The maximum Gasteiger partial charge on any atom is 0.115 e. The molecule has 0 radical (unpaired) electrons. The fraction of sp³-hybridized carbons (Fsp3) is 0.769. The van der Waals surface area contributed by atoms with Crippen molar-refractivity contribution in [3.05, 3.63) is 29.8 Å². The van der Waals surface area contributed by atoms with Crippen molar-refractivity contribution in [2.45, 2.75) is 102 Å². The van der Waals surface area contributed by atoms with Crippen LogP contribution in [0.5, 0.6) is 5.75 Å². The number of hydrogen-bond acceptors (Lipinski definition) is 3. The predicted molar refractivity (Wildman–Crippen MR) is 117 cm³/mol. The summed E-state index contributed by atoms with van der Waals surface area (Å²) in [6.45, 7) is 4.57. The van der Waals surface area contributed by atoms with Crippen molar-refractivity contribution in [3.63, 3.8) is 0 Å². The Balaban J connectivity index is 1.42. The average molecular weight is 398 g/mol. The van der Waals surface area contributed by atoms with E-state index in [2.05, 4.69) is 26.0 Å². The van der Waals surface area contributed by atoms with Gasteiger partial charge in [0.1, 0.15) is 5.75 Å². The third kappa shape index (κ3) is 3.53. The number of fused-ring (bicyclic) bond motifs is 3. The summed E-state index contributed by atoms with van der Waals surface area (Å²) in [6.07, 6.45) is 14.3. The van der Waals surface area contributed by atoms with Gasteiger partial charge in [0.2, 0.25) is 0 Å². The lowest BCUT2D eigenvalue weighted by Gasteiger charge is -2.62. The number of phenols is 1. The molecule has 0 aromatic heterocycles. The first-order chi connectivity index (χ1) is 13.8. The van der Waals surface area contributed by atoms with Crippen LogP contribution in [0, 0.1) is 23.2 Å². The molecule has 3 heteroatoms. The van der Waals surface area contributed by atoms with Crippen LogP contribution in [0.1, 0.15) is 83.6 Å². The van der Waals surface area contributed by atoms with Crippen LogP contribution in [0.4, 0.5) is 0 Å². The third-order valence-electron chi connectivity index (χ3n) is 9.22. The van der Waals surface area contributed by atoms with E-state index >= 15 is 0 Å². The van der Waals surface area contributed by atoms with Crippen molar-refractivity contribution in [2.75, 3.05) is 0 Å². The van der Waals surface area contributed by atoms with Crippen LogP contribution in [0.3, 0.4) is 0 Å². The SMILES string of the molecule is CC1(C)O[C@@]2([C@H]3C[C@H](Cc4ccc(O)cc4)CC4(CCCC4)C3)CC[C@H]1[C@H](N)C2. The minimum absolute atomic E-state index is 0.000876. The van der Waals surface area contributed by atoms with E-state index in [0.717, 1.165) is 12.8 Å². The van der Waals surface area contributed by atoms with E-state index < -0.39 is 0 Å². The first-order valence-electron chi connectivity index (χ1n) is 12.0. The van der Waals surface area contributed by atoms with Crippen molar-refractivity contribution in [1.29, 1.82) is 0 Å². The fourth-order valence-corrected chi connectivity index (χ4v) is 8.11. The van der Waals surface area contributed by atoms with Crippen LogP contribution in [0.15, 0.2) is 24.3 Å². The molecule has 1 aromatic rings. The molecule has 2 bridgehead atoms. The smallest absolute Gasteiger partial charge is 0.115 e. The topological polar surface area (TPSA) is 55.5 Å². The second kappa shape index (κ2) is 6.99. The highest BCUT2D eigenvalue weighted by Crippen LogP contribution is 2.60. The largest absolute Gasteiger partial charge is 0.508 e. The summed E-state index contributed by atoms with van der Waals surface area (Å²) in [5, 5.41) is 9.66. The first kappa shape index (κ1) is 19.9. The normalized spacial score (nSPS) is 40.4. The summed E-state index contributed by atoms with van der Waals surface area (Å²) in [5.74, 6) is 2.24. The molecular weight excluding hydrogens is 358 g/mol. The lowest BCUT2D eigenvalue weighted by molar-refractivity contribution is -0.273. The molecule has 3 saturated carbocycles. The van der Waals surface area contributed by atoms with Crippen molar-refractivity contribution in [2.24, 2.45) is 28.9 Å². The number of ether oxygens (including phenoxy) is 1. The Hall–Kier alpha value is -1.06. The van der Waals surface area contributed by atoms with E-state index in [1.807, 2.05) is 12.1 Å². The van der Waals surface area contributed by atoms with Gasteiger partial charge in [-0.15, -0.1) is 0 Å². The van der Waals surface area contributed by atoms with Gasteiger partial charge in [-0.05, 0) is 107 Å². The number of phenolic OH excluding ortho intramolecular Hbond substituents is 1. The molecule has 0 unspecified atom stereocenters. The van der Waals surface area contributed by atoms with Gasteiger partial charge in [-0.3, -0.25) is 0 Å². The van der Waals surface area contributed by atoms with Gasteiger partial charge in [0, 0.05) is 12.0 Å². The highest BCUT2D eigenvalue weighted by Gasteiger charge is 2.59. The second-order valence-electron chi connectivity index (χ2n) is 11.6. The molecule has 1 spiro atoms. The van der Waals surface area contributed by atoms with Gasteiger partial charge in [0.15, 0.2) is 0 Å². The molecule has 2 aliphatic heterocycles. The Morgan fingerprint density at radius 1 is 1.03 bits per heavy atom. The summed E-state index contributed by atoms with van der Waals surface area (Å²) in [5.41, 5.74) is 8.52. The maximum absolute atomic E-state index is 9.66. The Morgan fingerprint density at radius 3 is 2.41 bits per heavy atom. The van der Waals surface area contributed by atoms with Crippen LogP contribution >= 0.6 is 0 Å². The van der Waals surface area contributed by atoms with Crippen LogP contribution in [-0.2, 0) is 11.2 Å². The Kier molecular flexibility index (Phi) is 4.79.